The molecule has 1 saturated heterocycles. The van der Waals surface area contributed by atoms with Crippen molar-refractivity contribution in [1.82, 2.24) is 14.7 Å². The van der Waals surface area contributed by atoms with Gasteiger partial charge >= 0.3 is 0 Å². The molecule has 2 aromatic rings. The molecule has 2 heterocycles. The highest BCUT2D eigenvalue weighted by atomic mass is 16.5. The van der Waals surface area contributed by atoms with Crippen LogP contribution in [-0.2, 0) is 13.1 Å². The minimum atomic E-state index is 0.674. The van der Waals surface area contributed by atoms with Gasteiger partial charge in [-0.15, -0.1) is 0 Å². The number of likely N-dealkylation sites (tertiary alicyclic amines) is 1. The Morgan fingerprint density at radius 3 is 2.50 bits per heavy atom. The Kier molecular flexibility index (Phi) is 4.78. The maximum Gasteiger partial charge on any atom is 0.118 e. The Morgan fingerprint density at radius 1 is 1.18 bits per heavy atom. The molecule has 3 rings (SSSR count). The Morgan fingerprint density at radius 2 is 1.91 bits per heavy atom. The number of hydrogen-bond donors (Lipinski definition) is 0. The third-order valence-electron chi connectivity index (χ3n) is 4.60. The summed E-state index contributed by atoms with van der Waals surface area (Å²) < 4.78 is 7.24. The van der Waals surface area contributed by atoms with Crippen molar-refractivity contribution >= 4 is 0 Å². The lowest BCUT2D eigenvalue weighted by atomic mass is 9.91. The molecule has 4 nitrogen and oxygen atoms in total. The normalized spacial score (nSPS) is 16.8. The lowest BCUT2D eigenvalue weighted by Crippen LogP contribution is -2.32. The van der Waals surface area contributed by atoms with Crippen molar-refractivity contribution in [3.63, 3.8) is 0 Å². The molecule has 1 aromatic heterocycles. The summed E-state index contributed by atoms with van der Waals surface area (Å²) in [6, 6.07) is 8.41. The van der Waals surface area contributed by atoms with Crippen molar-refractivity contribution in [3.05, 3.63) is 47.8 Å². The average Bonchev–Trinajstić information content (AvgIpc) is 3.05. The quantitative estimate of drug-likeness (QED) is 0.848. The fourth-order valence-electron chi connectivity index (χ4n) is 3.18. The number of aryl methyl sites for hydroxylation is 1. The number of nitrogens with zero attached hydrogens (tertiary/aromatic N) is 3. The predicted octanol–water partition coefficient (Wildman–Crippen LogP) is 3.29. The van der Waals surface area contributed by atoms with Crippen molar-refractivity contribution in [2.75, 3.05) is 20.2 Å². The first-order valence-electron chi connectivity index (χ1n) is 8.16. The van der Waals surface area contributed by atoms with Gasteiger partial charge in [0.2, 0.25) is 0 Å². The molecule has 0 amide bonds. The van der Waals surface area contributed by atoms with Crippen LogP contribution in [0.2, 0.25) is 0 Å². The molecule has 1 fully saturated rings. The maximum atomic E-state index is 5.21. The van der Waals surface area contributed by atoms with Crippen LogP contribution in [0.4, 0.5) is 0 Å². The van der Waals surface area contributed by atoms with Gasteiger partial charge in [0, 0.05) is 19.3 Å². The van der Waals surface area contributed by atoms with E-state index in [1.807, 2.05) is 23.0 Å². The molecule has 0 radical (unpaired) electrons. The molecule has 1 aliphatic heterocycles. The zero-order valence-corrected chi connectivity index (χ0v) is 13.5. The monoisotopic (exact) mass is 299 g/mol. The van der Waals surface area contributed by atoms with Crippen molar-refractivity contribution in [1.29, 1.82) is 0 Å². The van der Waals surface area contributed by atoms with E-state index in [1.54, 1.807) is 7.11 Å². The number of rotatable bonds is 5. The van der Waals surface area contributed by atoms with Gasteiger partial charge in [-0.1, -0.05) is 12.1 Å². The van der Waals surface area contributed by atoms with Crippen LogP contribution in [0.15, 0.2) is 36.7 Å². The zero-order chi connectivity index (χ0) is 15.4. The standard InChI is InChI=1S/C18H25N3O/c1-3-21-14-17(12-19-21)16-8-10-20(11-9-16)13-15-4-6-18(22-2)7-5-15/h4-7,12,14,16H,3,8-11,13H2,1-2H3. The van der Waals surface area contributed by atoms with Crippen molar-refractivity contribution in [2.45, 2.75) is 38.8 Å². The first-order chi connectivity index (χ1) is 10.8. The van der Waals surface area contributed by atoms with E-state index in [0.717, 1.165) is 31.9 Å². The lowest BCUT2D eigenvalue weighted by Gasteiger charge is -2.31. The van der Waals surface area contributed by atoms with Crippen LogP contribution in [0, 0.1) is 0 Å². The van der Waals surface area contributed by atoms with E-state index in [-0.39, 0.29) is 0 Å². The number of hydrogen-bond acceptors (Lipinski definition) is 3. The summed E-state index contributed by atoms with van der Waals surface area (Å²) in [5.74, 6) is 1.60. The summed E-state index contributed by atoms with van der Waals surface area (Å²) in [5.41, 5.74) is 2.77. The fourth-order valence-corrected chi connectivity index (χ4v) is 3.18. The van der Waals surface area contributed by atoms with Crippen molar-refractivity contribution in [2.24, 2.45) is 0 Å². The minimum Gasteiger partial charge on any atom is -0.497 e. The smallest absolute Gasteiger partial charge is 0.118 e. The molecule has 0 atom stereocenters. The third-order valence-corrected chi connectivity index (χ3v) is 4.60. The summed E-state index contributed by atoms with van der Waals surface area (Å²) in [6.45, 7) is 6.44. The summed E-state index contributed by atoms with van der Waals surface area (Å²) >= 11 is 0. The number of aromatic nitrogens is 2. The molecular weight excluding hydrogens is 274 g/mol. The summed E-state index contributed by atoms with van der Waals surface area (Å²) in [6.07, 6.45) is 6.72. The maximum absolute atomic E-state index is 5.21. The van der Waals surface area contributed by atoms with Gasteiger partial charge in [-0.05, 0) is 62.0 Å². The highest BCUT2D eigenvalue weighted by Crippen LogP contribution is 2.28. The summed E-state index contributed by atoms with van der Waals surface area (Å²) in [7, 11) is 1.71. The van der Waals surface area contributed by atoms with E-state index in [4.69, 9.17) is 4.74 Å². The highest BCUT2D eigenvalue weighted by Gasteiger charge is 2.21. The third kappa shape index (κ3) is 3.50. The molecule has 0 N–H and O–H groups in total. The van der Waals surface area contributed by atoms with Gasteiger partial charge in [-0.3, -0.25) is 9.58 Å². The molecule has 118 valence electrons. The van der Waals surface area contributed by atoms with E-state index in [9.17, 15) is 0 Å². The molecule has 0 saturated carbocycles. The number of piperidine rings is 1. The van der Waals surface area contributed by atoms with Crippen LogP contribution in [0.25, 0.3) is 0 Å². The number of benzene rings is 1. The fraction of sp³-hybridized carbons (Fsp3) is 0.500. The molecule has 0 spiro atoms. The topological polar surface area (TPSA) is 30.3 Å². The van der Waals surface area contributed by atoms with Gasteiger partial charge in [0.15, 0.2) is 0 Å². The molecule has 1 aliphatic rings. The zero-order valence-electron chi connectivity index (χ0n) is 13.5. The van der Waals surface area contributed by atoms with Crippen LogP contribution in [-0.4, -0.2) is 34.9 Å². The second-order valence-corrected chi connectivity index (χ2v) is 6.03. The first-order valence-corrected chi connectivity index (χ1v) is 8.16. The van der Waals surface area contributed by atoms with Crippen molar-refractivity contribution < 1.29 is 4.74 Å². The second-order valence-electron chi connectivity index (χ2n) is 6.03. The lowest BCUT2D eigenvalue weighted by molar-refractivity contribution is 0.204. The molecule has 0 unspecified atom stereocenters. The Hall–Kier alpha value is -1.81. The Bertz CT molecular complexity index is 583. The van der Waals surface area contributed by atoms with Gasteiger partial charge in [0.05, 0.1) is 13.3 Å². The largest absolute Gasteiger partial charge is 0.497 e. The van der Waals surface area contributed by atoms with E-state index in [2.05, 4.69) is 35.3 Å². The van der Waals surface area contributed by atoms with E-state index < -0.39 is 0 Å². The molecule has 0 bridgehead atoms. The van der Waals surface area contributed by atoms with Crippen molar-refractivity contribution in [3.8, 4) is 5.75 Å². The minimum absolute atomic E-state index is 0.674. The van der Waals surface area contributed by atoms with Gasteiger partial charge < -0.3 is 4.74 Å². The summed E-state index contributed by atoms with van der Waals surface area (Å²) in [4.78, 5) is 2.54. The average molecular weight is 299 g/mol. The number of ether oxygens (including phenoxy) is 1. The predicted molar refractivity (Wildman–Crippen MR) is 88.1 cm³/mol. The molecule has 22 heavy (non-hydrogen) atoms. The van der Waals surface area contributed by atoms with Gasteiger partial charge in [0.1, 0.15) is 5.75 Å². The highest BCUT2D eigenvalue weighted by molar-refractivity contribution is 5.27. The van der Waals surface area contributed by atoms with Gasteiger partial charge in [-0.2, -0.15) is 5.10 Å². The van der Waals surface area contributed by atoms with Crippen LogP contribution < -0.4 is 4.74 Å². The molecule has 1 aromatic carbocycles. The Labute approximate surface area is 132 Å². The van der Waals surface area contributed by atoms with Crippen LogP contribution >= 0.6 is 0 Å². The second kappa shape index (κ2) is 6.97. The van der Waals surface area contributed by atoms with Gasteiger partial charge in [-0.25, -0.2) is 0 Å². The number of methoxy groups -OCH3 is 1. The molecular formula is C18H25N3O. The molecule has 0 aliphatic carbocycles. The SMILES string of the molecule is CCn1cc(C2CCN(Cc3ccc(OC)cc3)CC2)cn1. The summed E-state index contributed by atoms with van der Waals surface area (Å²) in [5, 5.41) is 4.40. The first kappa shape index (κ1) is 15.1. The van der Waals surface area contributed by atoms with E-state index in [1.165, 1.54) is 24.0 Å². The van der Waals surface area contributed by atoms with Gasteiger partial charge in [0.25, 0.3) is 0 Å². The Balaban J connectivity index is 1.52. The van der Waals surface area contributed by atoms with E-state index >= 15 is 0 Å². The van der Waals surface area contributed by atoms with E-state index in [0.29, 0.717) is 5.92 Å². The molecule has 4 heteroatoms. The van der Waals surface area contributed by atoms with Crippen LogP contribution in [0.5, 0.6) is 5.75 Å². The van der Waals surface area contributed by atoms with Crippen LogP contribution in [0.3, 0.4) is 0 Å². The van der Waals surface area contributed by atoms with Crippen LogP contribution in [0.1, 0.15) is 36.8 Å².